The first-order chi connectivity index (χ1) is 6.69. The summed E-state index contributed by atoms with van der Waals surface area (Å²) in [7, 11) is 1.35. The van der Waals surface area contributed by atoms with Gasteiger partial charge in [0.15, 0.2) is 0 Å². The number of carbonyl (C=O) groups excluding carboxylic acids is 1. The van der Waals surface area contributed by atoms with E-state index in [1.165, 1.54) is 7.11 Å². The van der Waals surface area contributed by atoms with Gasteiger partial charge in [-0.15, -0.1) is 0 Å². The van der Waals surface area contributed by atoms with E-state index in [0.29, 0.717) is 10.6 Å². The summed E-state index contributed by atoms with van der Waals surface area (Å²) in [6.45, 7) is 0. The third-order valence-corrected chi connectivity index (χ3v) is 2.59. The summed E-state index contributed by atoms with van der Waals surface area (Å²) in [6, 6.07) is 5.19. The van der Waals surface area contributed by atoms with E-state index in [1.807, 2.05) is 6.07 Å². The predicted molar refractivity (Wildman–Crippen MR) is 60.3 cm³/mol. The molecule has 0 N–H and O–H groups in total. The number of methoxy groups -OCH3 is 1. The van der Waals surface area contributed by atoms with Gasteiger partial charge in [-0.25, -0.2) is 4.79 Å². The van der Waals surface area contributed by atoms with Crippen LogP contribution < -0.4 is 0 Å². The number of halogens is 2. The maximum absolute atomic E-state index is 11.1. The average molecular weight is 278 g/mol. The van der Waals surface area contributed by atoms with Gasteiger partial charge < -0.3 is 4.74 Å². The van der Waals surface area contributed by atoms with Crippen molar-refractivity contribution in [3.8, 4) is 0 Å². The van der Waals surface area contributed by atoms with Crippen molar-refractivity contribution < 1.29 is 9.53 Å². The lowest BCUT2D eigenvalue weighted by Crippen LogP contribution is -2.01. The lowest BCUT2D eigenvalue weighted by molar-refractivity contribution is 0.0600. The third kappa shape index (κ3) is 2.72. The number of alkyl halides is 1. The maximum Gasteiger partial charge on any atom is 0.337 e. The van der Waals surface area contributed by atoms with Gasteiger partial charge in [-0.3, -0.25) is 0 Å². The smallest absolute Gasteiger partial charge is 0.337 e. The van der Waals surface area contributed by atoms with E-state index >= 15 is 0 Å². The summed E-state index contributed by atoms with van der Waals surface area (Å²) < 4.78 is 4.58. The van der Waals surface area contributed by atoms with Crippen molar-refractivity contribution in [3.05, 3.63) is 34.3 Å². The Hall–Kier alpha value is -0.540. The van der Waals surface area contributed by atoms with Gasteiger partial charge in [-0.05, 0) is 24.1 Å². The first-order valence-corrected chi connectivity index (χ1v) is 5.61. The van der Waals surface area contributed by atoms with Crippen molar-refractivity contribution >= 4 is 33.5 Å². The number of ether oxygens (including phenoxy) is 1. The number of carbonyl (C=O) groups is 1. The fourth-order valence-electron chi connectivity index (χ4n) is 1.10. The van der Waals surface area contributed by atoms with Gasteiger partial charge >= 0.3 is 5.97 Å². The molecule has 1 rings (SSSR count). The Morgan fingerprint density at radius 1 is 1.57 bits per heavy atom. The van der Waals surface area contributed by atoms with Crippen LogP contribution in [0.2, 0.25) is 5.02 Å². The zero-order valence-electron chi connectivity index (χ0n) is 7.72. The Kier molecular flexibility index (Phi) is 4.42. The molecule has 0 radical (unpaired) electrons. The second-order valence-electron chi connectivity index (χ2n) is 2.74. The standard InChI is InChI=1S/C10H10BrClO2/c1-14-10(13)8-3-2-7(4-5-11)9(12)6-8/h2-3,6H,4-5H2,1H3. The lowest BCUT2D eigenvalue weighted by Gasteiger charge is -2.04. The molecule has 2 nitrogen and oxygen atoms in total. The van der Waals surface area contributed by atoms with E-state index in [9.17, 15) is 4.79 Å². The molecule has 0 saturated heterocycles. The first-order valence-electron chi connectivity index (χ1n) is 4.11. The molecule has 76 valence electrons. The molecule has 1 aromatic carbocycles. The minimum absolute atomic E-state index is 0.364. The van der Waals surface area contributed by atoms with Crippen LogP contribution in [0, 0.1) is 0 Å². The molecule has 1 aromatic rings. The van der Waals surface area contributed by atoms with Crippen LogP contribution in [0.25, 0.3) is 0 Å². The Morgan fingerprint density at radius 2 is 2.29 bits per heavy atom. The van der Waals surface area contributed by atoms with Gasteiger partial charge in [-0.2, -0.15) is 0 Å². The topological polar surface area (TPSA) is 26.3 Å². The van der Waals surface area contributed by atoms with Gasteiger partial charge in [0.1, 0.15) is 0 Å². The molecule has 4 heteroatoms. The van der Waals surface area contributed by atoms with Gasteiger partial charge in [-0.1, -0.05) is 33.6 Å². The molecule has 0 aliphatic heterocycles. The first kappa shape index (κ1) is 11.5. The third-order valence-electron chi connectivity index (χ3n) is 1.84. The molecule has 0 spiro atoms. The van der Waals surface area contributed by atoms with Crippen LogP contribution in [0.1, 0.15) is 15.9 Å². The summed E-state index contributed by atoms with van der Waals surface area (Å²) in [6.07, 6.45) is 0.848. The fraction of sp³-hybridized carbons (Fsp3) is 0.300. The molecule has 0 atom stereocenters. The maximum atomic E-state index is 11.1. The molecule has 14 heavy (non-hydrogen) atoms. The molecule has 0 saturated carbocycles. The molecule has 0 aromatic heterocycles. The van der Waals surface area contributed by atoms with E-state index in [0.717, 1.165) is 17.3 Å². The highest BCUT2D eigenvalue weighted by atomic mass is 79.9. The second kappa shape index (κ2) is 5.37. The number of hydrogen-bond acceptors (Lipinski definition) is 2. The number of esters is 1. The van der Waals surface area contributed by atoms with Gasteiger partial charge in [0, 0.05) is 10.4 Å². The summed E-state index contributed by atoms with van der Waals surface area (Å²) in [4.78, 5) is 11.1. The van der Waals surface area contributed by atoms with Crippen LogP contribution in [0.4, 0.5) is 0 Å². The molecule has 0 aliphatic rings. The van der Waals surface area contributed by atoms with Crippen LogP contribution in [0.5, 0.6) is 0 Å². The fourth-order valence-corrected chi connectivity index (χ4v) is 1.80. The Labute approximate surface area is 96.3 Å². The number of hydrogen-bond donors (Lipinski definition) is 0. The van der Waals surface area contributed by atoms with E-state index in [-0.39, 0.29) is 5.97 Å². The quantitative estimate of drug-likeness (QED) is 0.627. The van der Waals surface area contributed by atoms with E-state index < -0.39 is 0 Å². The zero-order valence-corrected chi connectivity index (χ0v) is 10.1. The average Bonchev–Trinajstić information content (AvgIpc) is 2.20. The van der Waals surface area contributed by atoms with Crippen molar-refractivity contribution in [1.82, 2.24) is 0 Å². The number of rotatable bonds is 3. The molecule has 0 amide bonds. The monoisotopic (exact) mass is 276 g/mol. The van der Waals surface area contributed by atoms with Gasteiger partial charge in [0.2, 0.25) is 0 Å². The van der Waals surface area contributed by atoms with Crippen LogP contribution in [-0.2, 0) is 11.2 Å². The Balaban J connectivity index is 2.94. The minimum Gasteiger partial charge on any atom is -0.465 e. The predicted octanol–water partition coefficient (Wildman–Crippen LogP) is 3.06. The van der Waals surface area contributed by atoms with Crippen LogP contribution >= 0.6 is 27.5 Å². The lowest BCUT2D eigenvalue weighted by atomic mass is 10.1. The minimum atomic E-state index is -0.364. The Morgan fingerprint density at radius 3 is 2.79 bits per heavy atom. The summed E-state index contributed by atoms with van der Waals surface area (Å²) in [5, 5.41) is 1.46. The van der Waals surface area contributed by atoms with Crippen molar-refractivity contribution in [3.63, 3.8) is 0 Å². The molecule has 0 bridgehead atoms. The van der Waals surface area contributed by atoms with E-state index in [4.69, 9.17) is 11.6 Å². The zero-order chi connectivity index (χ0) is 10.6. The summed E-state index contributed by atoms with van der Waals surface area (Å²) in [5.41, 5.74) is 1.51. The van der Waals surface area contributed by atoms with Crippen molar-refractivity contribution in [2.75, 3.05) is 12.4 Å². The molecule has 0 heterocycles. The molecule has 0 unspecified atom stereocenters. The van der Waals surface area contributed by atoms with Crippen LogP contribution in [0.15, 0.2) is 18.2 Å². The van der Waals surface area contributed by atoms with Crippen LogP contribution in [0.3, 0.4) is 0 Å². The molecular weight excluding hydrogens is 267 g/mol. The largest absolute Gasteiger partial charge is 0.465 e. The van der Waals surface area contributed by atoms with E-state index in [1.54, 1.807) is 12.1 Å². The SMILES string of the molecule is COC(=O)c1ccc(CCBr)c(Cl)c1. The van der Waals surface area contributed by atoms with Gasteiger partial charge in [0.05, 0.1) is 12.7 Å². The highest BCUT2D eigenvalue weighted by Crippen LogP contribution is 2.19. The summed E-state index contributed by atoms with van der Waals surface area (Å²) >= 11 is 9.31. The van der Waals surface area contributed by atoms with Crippen molar-refractivity contribution in [1.29, 1.82) is 0 Å². The normalized spacial score (nSPS) is 9.93. The van der Waals surface area contributed by atoms with E-state index in [2.05, 4.69) is 20.7 Å². The summed E-state index contributed by atoms with van der Waals surface area (Å²) in [5.74, 6) is -0.364. The molecular formula is C10H10BrClO2. The highest BCUT2D eigenvalue weighted by molar-refractivity contribution is 9.09. The number of aryl methyl sites for hydroxylation is 1. The van der Waals surface area contributed by atoms with Crippen molar-refractivity contribution in [2.45, 2.75) is 6.42 Å². The van der Waals surface area contributed by atoms with Crippen molar-refractivity contribution in [2.24, 2.45) is 0 Å². The second-order valence-corrected chi connectivity index (χ2v) is 3.94. The highest BCUT2D eigenvalue weighted by Gasteiger charge is 2.07. The number of benzene rings is 1. The molecule has 0 fully saturated rings. The van der Waals surface area contributed by atoms with Crippen LogP contribution in [-0.4, -0.2) is 18.4 Å². The van der Waals surface area contributed by atoms with Gasteiger partial charge in [0.25, 0.3) is 0 Å². The Bertz CT molecular complexity index is 339. The molecule has 0 aliphatic carbocycles.